The van der Waals surface area contributed by atoms with Gasteiger partial charge in [-0.15, -0.1) is 0 Å². The molecule has 0 N–H and O–H groups in total. The van der Waals surface area contributed by atoms with Crippen LogP contribution in [-0.2, 0) is 54.8 Å². The quantitative estimate of drug-likeness (QED) is 0.171. The predicted molar refractivity (Wildman–Crippen MR) is 176 cm³/mol. The Labute approximate surface area is 271 Å². The maximum absolute atomic E-state index is 6.78. The van der Waals surface area contributed by atoms with E-state index in [-0.39, 0.29) is 6.61 Å². The van der Waals surface area contributed by atoms with Gasteiger partial charge >= 0.3 is 0 Å². The molecule has 46 heavy (non-hydrogen) atoms. The molecule has 2 fully saturated rings. The Morgan fingerprint density at radius 1 is 0.609 bits per heavy atom. The van der Waals surface area contributed by atoms with E-state index < -0.39 is 30.6 Å². The highest BCUT2D eigenvalue weighted by atomic mass is 16.6. The fourth-order valence-electron chi connectivity index (χ4n) is 5.59. The molecule has 0 spiro atoms. The molecule has 4 aromatic rings. The number of aliphatic imine (C=N–C) groups is 1. The fraction of sp³-hybridized carbons (Fsp3) is 0.342. The molecule has 8 nitrogen and oxygen atoms in total. The Balaban J connectivity index is 1.32. The minimum Gasteiger partial charge on any atom is -0.463 e. The van der Waals surface area contributed by atoms with Crippen LogP contribution in [0.4, 0.5) is 0 Å². The highest BCUT2D eigenvalue weighted by Crippen LogP contribution is 2.32. The van der Waals surface area contributed by atoms with Crippen molar-refractivity contribution in [2.24, 2.45) is 4.99 Å². The van der Waals surface area contributed by atoms with Gasteiger partial charge in [-0.05, 0) is 22.3 Å². The van der Waals surface area contributed by atoms with Gasteiger partial charge in [0, 0.05) is 7.05 Å². The topological polar surface area (TPSA) is 71.0 Å². The molecule has 8 heteroatoms. The Bertz CT molecular complexity index is 1470. The molecule has 2 heterocycles. The molecule has 0 bridgehead atoms. The zero-order chi connectivity index (χ0) is 31.4. The first-order valence-electron chi connectivity index (χ1n) is 15.9. The summed E-state index contributed by atoms with van der Waals surface area (Å²) in [6.45, 7) is 3.16. The summed E-state index contributed by atoms with van der Waals surface area (Å²) in [6.07, 6.45) is -2.86. The van der Waals surface area contributed by atoms with Gasteiger partial charge in [0.1, 0.15) is 31.0 Å². The number of amidine groups is 1. The zero-order valence-corrected chi connectivity index (χ0v) is 26.2. The first kappa shape index (κ1) is 31.9. The third kappa shape index (κ3) is 8.81. The number of likely N-dealkylation sites (N-methyl/N-ethyl adjacent to an activating group) is 1. The molecule has 0 aliphatic carbocycles. The molecule has 2 aliphatic rings. The van der Waals surface area contributed by atoms with Gasteiger partial charge in [0.25, 0.3) is 6.02 Å². The lowest BCUT2D eigenvalue weighted by Gasteiger charge is -2.45. The molecule has 0 unspecified atom stereocenters. The lowest BCUT2D eigenvalue weighted by atomic mass is 9.97. The SMILES string of the molecule is CN1CCO/C1=N/[C@H]1O[C@H](COCc2ccccc2)[C@@H](OCc2ccccc2)[C@H](OCc2ccccc2)[C@H]1OCc1ccccc1. The van der Waals surface area contributed by atoms with E-state index in [0.29, 0.717) is 39.1 Å². The van der Waals surface area contributed by atoms with Crippen LogP contribution >= 0.6 is 0 Å². The lowest BCUT2D eigenvalue weighted by Crippen LogP contribution is -2.61. The second-order valence-electron chi connectivity index (χ2n) is 11.5. The molecule has 2 aliphatic heterocycles. The monoisotopic (exact) mass is 622 g/mol. The largest absolute Gasteiger partial charge is 0.463 e. The van der Waals surface area contributed by atoms with E-state index >= 15 is 0 Å². The molecule has 0 amide bonds. The lowest BCUT2D eigenvalue weighted by molar-refractivity contribution is -0.271. The van der Waals surface area contributed by atoms with E-state index in [1.807, 2.05) is 109 Å². The summed E-state index contributed by atoms with van der Waals surface area (Å²) < 4.78 is 39.1. The first-order valence-corrected chi connectivity index (χ1v) is 15.9. The number of rotatable bonds is 14. The summed E-state index contributed by atoms with van der Waals surface area (Å²) in [7, 11) is 1.96. The van der Waals surface area contributed by atoms with E-state index in [1.165, 1.54) is 0 Å². The summed E-state index contributed by atoms with van der Waals surface area (Å²) in [5.41, 5.74) is 4.23. The minimum absolute atomic E-state index is 0.281. The van der Waals surface area contributed by atoms with Crippen molar-refractivity contribution in [3.8, 4) is 0 Å². The predicted octanol–water partition coefficient (Wildman–Crippen LogP) is 6.00. The third-order valence-electron chi connectivity index (χ3n) is 8.08. The summed E-state index contributed by atoms with van der Waals surface area (Å²) in [6, 6.07) is 41.0. The van der Waals surface area contributed by atoms with E-state index in [9.17, 15) is 0 Å². The number of benzene rings is 4. The highest BCUT2D eigenvalue weighted by molar-refractivity contribution is 5.75. The van der Waals surface area contributed by atoms with E-state index in [1.54, 1.807) is 0 Å². The van der Waals surface area contributed by atoms with Gasteiger partial charge in [-0.2, -0.15) is 0 Å². The third-order valence-corrected chi connectivity index (χ3v) is 8.08. The van der Waals surface area contributed by atoms with Gasteiger partial charge in [0.15, 0.2) is 6.23 Å². The fourth-order valence-corrected chi connectivity index (χ4v) is 5.59. The minimum atomic E-state index is -0.720. The van der Waals surface area contributed by atoms with E-state index in [4.69, 9.17) is 33.4 Å². The van der Waals surface area contributed by atoms with Crippen molar-refractivity contribution in [1.82, 2.24) is 4.90 Å². The van der Waals surface area contributed by atoms with E-state index in [2.05, 4.69) is 24.3 Å². The van der Waals surface area contributed by atoms with Crippen molar-refractivity contribution in [2.75, 3.05) is 26.8 Å². The van der Waals surface area contributed by atoms with Crippen LogP contribution in [0.1, 0.15) is 22.3 Å². The molecule has 0 saturated carbocycles. The van der Waals surface area contributed by atoms with Crippen LogP contribution in [0.3, 0.4) is 0 Å². The van der Waals surface area contributed by atoms with Crippen molar-refractivity contribution in [3.05, 3.63) is 144 Å². The number of hydrogen-bond donors (Lipinski definition) is 0. The molecule has 0 aromatic heterocycles. The van der Waals surface area contributed by atoms with Crippen molar-refractivity contribution < 1.29 is 28.4 Å². The summed E-state index contributed by atoms with van der Waals surface area (Å²) >= 11 is 0. The molecule has 6 rings (SSSR count). The van der Waals surface area contributed by atoms with Gasteiger partial charge < -0.3 is 33.3 Å². The number of hydrogen-bond acceptors (Lipinski definition) is 7. The molecule has 2 saturated heterocycles. The van der Waals surface area contributed by atoms with Crippen LogP contribution in [0, 0.1) is 0 Å². The summed E-state index contributed by atoms with van der Waals surface area (Å²) in [5.74, 6) is 0. The van der Waals surface area contributed by atoms with Gasteiger partial charge in [0.2, 0.25) is 0 Å². The summed E-state index contributed by atoms with van der Waals surface area (Å²) in [5, 5.41) is 0. The first-order chi connectivity index (χ1) is 22.7. The Hall–Kier alpha value is -4.05. The van der Waals surface area contributed by atoms with Gasteiger partial charge in [-0.1, -0.05) is 121 Å². The van der Waals surface area contributed by atoms with Crippen molar-refractivity contribution in [3.63, 3.8) is 0 Å². The van der Waals surface area contributed by atoms with Crippen molar-refractivity contribution in [2.45, 2.75) is 57.1 Å². The average molecular weight is 623 g/mol. The average Bonchev–Trinajstić information content (AvgIpc) is 3.51. The van der Waals surface area contributed by atoms with Crippen molar-refractivity contribution >= 4 is 6.02 Å². The maximum Gasteiger partial charge on any atom is 0.289 e. The van der Waals surface area contributed by atoms with E-state index in [0.717, 1.165) is 28.8 Å². The maximum atomic E-state index is 6.78. The van der Waals surface area contributed by atoms with Crippen LogP contribution < -0.4 is 0 Å². The highest BCUT2D eigenvalue weighted by Gasteiger charge is 2.49. The second kappa shape index (κ2) is 16.5. The molecule has 0 radical (unpaired) electrons. The summed E-state index contributed by atoms with van der Waals surface area (Å²) in [4.78, 5) is 6.95. The van der Waals surface area contributed by atoms with Crippen LogP contribution in [-0.4, -0.2) is 68.4 Å². The zero-order valence-electron chi connectivity index (χ0n) is 26.2. The molecule has 5 atom stereocenters. The van der Waals surface area contributed by atoms with Crippen LogP contribution in [0.2, 0.25) is 0 Å². The second-order valence-corrected chi connectivity index (χ2v) is 11.5. The number of nitrogens with zero attached hydrogens (tertiary/aromatic N) is 2. The molecular formula is C38H42N2O6. The Kier molecular flexibility index (Phi) is 11.4. The van der Waals surface area contributed by atoms with Crippen LogP contribution in [0.25, 0.3) is 0 Å². The standard InChI is InChI=1S/C38H42N2O6/c1-40-22-23-42-38(40)39-37-36(45-27-32-20-12-5-13-21-32)35(44-26-31-18-10-4-11-19-31)34(43-25-30-16-8-3-9-17-30)33(46-37)28-41-24-29-14-6-2-7-15-29/h2-21,33-37H,22-28H2,1H3/b39-38+/t33-,34-,35+,36-,37+/m1/s1. The Morgan fingerprint density at radius 2 is 1.07 bits per heavy atom. The van der Waals surface area contributed by atoms with Gasteiger partial charge in [-0.3, -0.25) is 0 Å². The normalized spacial score (nSPS) is 23.8. The Morgan fingerprint density at radius 3 is 1.54 bits per heavy atom. The molecular weight excluding hydrogens is 580 g/mol. The van der Waals surface area contributed by atoms with Gasteiger partial charge in [0.05, 0.1) is 39.6 Å². The van der Waals surface area contributed by atoms with Gasteiger partial charge in [-0.25, -0.2) is 4.99 Å². The molecule has 240 valence electrons. The van der Waals surface area contributed by atoms with Crippen LogP contribution in [0.15, 0.2) is 126 Å². The number of ether oxygens (including phenoxy) is 6. The smallest absolute Gasteiger partial charge is 0.289 e. The molecule has 4 aromatic carbocycles. The van der Waals surface area contributed by atoms with Crippen molar-refractivity contribution in [1.29, 1.82) is 0 Å². The van der Waals surface area contributed by atoms with Crippen LogP contribution in [0.5, 0.6) is 0 Å².